The maximum atomic E-state index is 4.41. The van der Waals surface area contributed by atoms with Crippen molar-refractivity contribution >= 4 is 29.9 Å². The molecule has 4 nitrogen and oxygen atoms in total. The Morgan fingerprint density at radius 3 is 2.32 bits per heavy atom. The molecule has 5 heteroatoms. The highest BCUT2D eigenvalue weighted by Crippen LogP contribution is 2.28. The van der Waals surface area contributed by atoms with E-state index in [0.29, 0.717) is 5.41 Å². The maximum absolute atomic E-state index is 4.41. The normalized spacial score (nSPS) is 19.6. The van der Waals surface area contributed by atoms with E-state index in [4.69, 9.17) is 0 Å². The Hall–Kier alpha value is -0.0400. The van der Waals surface area contributed by atoms with Crippen LogP contribution in [-0.2, 0) is 0 Å². The molecule has 1 fully saturated rings. The molecule has 0 atom stereocenters. The van der Waals surface area contributed by atoms with Crippen molar-refractivity contribution in [1.29, 1.82) is 0 Å². The van der Waals surface area contributed by atoms with E-state index < -0.39 is 0 Å². The zero-order chi connectivity index (χ0) is 14.0. The molecule has 0 saturated carbocycles. The summed E-state index contributed by atoms with van der Waals surface area (Å²) >= 11 is 0. The molecule has 0 radical (unpaired) electrons. The lowest BCUT2D eigenvalue weighted by atomic mass is 9.93. The van der Waals surface area contributed by atoms with Crippen molar-refractivity contribution in [3.05, 3.63) is 0 Å². The van der Waals surface area contributed by atoms with Crippen molar-refractivity contribution in [3.63, 3.8) is 0 Å². The molecule has 0 bridgehead atoms. The van der Waals surface area contributed by atoms with E-state index in [0.717, 1.165) is 25.6 Å². The zero-order valence-electron chi connectivity index (χ0n) is 13.6. The van der Waals surface area contributed by atoms with E-state index in [-0.39, 0.29) is 29.5 Å². The van der Waals surface area contributed by atoms with Crippen LogP contribution in [0.5, 0.6) is 0 Å². The average molecular weight is 382 g/mol. The molecule has 0 amide bonds. The summed E-state index contributed by atoms with van der Waals surface area (Å²) < 4.78 is 0. The largest absolute Gasteiger partial charge is 0.354 e. The highest BCUT2D eigenvalue weighted by atomic mass is 127. The van der Waals surface area contributed by atoms with Gasteiger partial charge in [-0.2, -0.15) is 0 Å². The predicted molar refractivity (Wildman–Crippen MR) is 94.5 cm³/mol. The molecular weight excluding hydrogens is 351 g/mol. The number of likely N-dealkylation sites (tertiary alicyclic amines) is 1. The van der Waals surface area contributed by atoms with Gasteiger partial charge in [0.2, 0.25) is 0 Å². The molecule has 0 aromatic heterocycles. The summed E-state index contributed by atoms with van der Waals surface area (Å²) in [5.74, 6) is 1.04. The summed E-state index contributed by atoms with van der Waals surface area (Å²) in [6, 6.07) is 0. The van der Waals surface area contributed by atoms with Crippen LogP contribution in [0.1, 0.15) is 34.1 Å². The molecule has 0 aromatic carbocycles. The van der Waals surface area contributed by atoms with Crippen LogP contribution in [0.3, 0.4) is 0 Å². The Morgan fingerprint density at radius 2 is 1.95 bits per heavy atom. The van der Waals surface area contributed by atoms with E-state index in [1.807, 2.05) is 7.05 Å². The average Bonchev–Trinajstić information content (AvgIpc) is 2.59. The summed E-state index contributed by atoms with van der Waals surface area (Å²) in [7, 11) is 6.10. The second-order valence-corrected chi connectivity index (χ2v) is 6.94. The Kier molecular flexibility index (Phi) is 7.09. The van der Waals surface area contributed by atoms with Crippen LogP contribution in [0.15, 0.2) is 4.99 Å². The van der Waals surface area contributed by atoms with Gasteiger partial charge in [0.15, 0.2) is 5.96 Å². The van der Waals surface area contributed by atoms with Gasteiger partial charge in [0, 0.05) is 32.2 Å². The van der Waals surface area contributed by atoms with Crippen molar-refractivity contribution in [2.75, 3.05) is 40.8 Å². The first-order valence-corrected chi connectivity index (χ1v) is 6.81. The van der Waals surface area contributed by atoms with Crippen molar-refractivity contribution in [1.82, 2.24) is 15.1 Å². The first kappa shape index (κ1) is 19.0. The van der Waals surface area contributed by atoms with Gasteiger partial charge in [-0.05, 0) is 39.8 Å². The van der Waals surface area contributed by atoms with Gasteiger partial charge in [-0.25, -0.2) is 0 Å². The summed E-state index contributed by atoms with van der Waals surface area (Å²) in [5.41, 5.74) is 0.542. The molecule has 0 spiro atoms. The Balaban J connectivity index is 0.00000324. The fraction of sp³-hybridized carbons (Fsp3) is 0.929. The van der Waals surface area contributed by atoms with Crippen LogP contribution in [0.25, 0.3) is 0 Å². The van der Waals surface area contributed by atoms with Crippen LogP contribution in [0.2, 0.25) is 0 Å². The van der Waals surface area contributed by atoms with Gasteiger partial charge in [0.25, 0.3) is 0 Å². The van der Waals surface area contributed by atoms with E-state index in [1.54, 1.807) is 0 Å². The lowest BCUT2D eigenvalue weighted by Gasteiger charge is -2.34. The van der Waals surface area contributed by atoms with Gasteiger partial charge in [-0.1, -0.05) is 13.8 Å². The van der Waals surface area contributed by atoms with E-state index in [1.165, 1.54) is 6.42 Å². The topological polar surface area (TPSA) is 30.9 Å². The molecule has 1 saturated heterocycles. The van der Waals surface area contributed by atoms with Gasteiger partial charge in [-0.3, -0.25) is 4.99 Å². The number of aliphatic imine (C=N–C) groups is 1. The van der Waals surface area contributed by atoms with E-state index in [9.17, 15) is 0 Å². The van der Waals surface area contributed by atoms with Gasteiger partial charge >= 0.3 is 0 Å². The molecule has 19 heavy (non-hydrogen) atoms. The number of rotatable bonds is 3. The molecule has 114 valence electrons. The summed E-state index contributed by atoms with van der Waals surface area (Å²) in [6.45, 7) is 12.2. The van der Waals surface area contributed by atoms with Crippen LogP contribution < -0.4 is 5.32 Å². The minimum Gasteiger partial charge on any atom is -0.354 e. The lowest BCUT2D eigenvalue weighted by molar-refractivity contribution is 0.196. The molecule has 1 rings (SSSR count). The Bertz CT molecular complexity index is 311. The number of nitrogens with one attached hydrogen (secondary N) is 1. The monoisotopic (exact) mass is 382 g/mol. The second-order valence-electron chi connectivity index (χ2n) is 6.94. The maximum Gasteiger partial charge on any atom is 0.193 e. The first-order chi connectivity index (χ1) is 8.18. The van der Waals surface area contributed by atoms with E-state index >= 15 is 0 Å². The number of hydrogen-bond acceptors (Lipinski definition) is 2. The Morgan fingerprint density at radius 1 is 1.37 bits per heavy atom. The van der Waals surface area contributed by atoms with Crippen molar-refractivity contribution in [3.8, 4) is 0 Å². The third-order valence-electron chi connectivity index (χ3n) is 4.08. The van der Waals surface area contributed by atoms with Gasteiger partial charge in [0.1, 0.15) is 0 Å². The van der Waals surface area contributed by atoms with Gasteiger partial charge < -0.3 is 15.1 Å². The summed E-state index contributed by atoms with van der Waals surface area (Å²) in [6.07, 6.45) is 1.24. The fourth-order valence-electron chi connectivity index (χ4n) is 2.08. The van der Waals surface area contributed by atoms with Crippen LogP contribution in [0, 0.1) is 5.41 Å². The van der Waals surface area contributed by atoms with Gasteiger partial charge in [-0.15, -0.1) is 24.0 Å². The van der Waals surface area contributed by atoms with Crippen molar-refractivity contribution in [2.45, 2.75) is 39.7 Å². The third-order valence-corrected chi connectivity index (χ3v) is 4.08. The fourth-order valence-corrected chi connectivity index (χ4v) is 2.08. The van der Waals surface area contributed by atoms with Crippen molar-refractivity contribution < 1.29 is 0 Å². The summed E-state index contributed by atoms with van der Waals surface area (Å²) in [5, 5.41) is 3.50. The number of halogens is 1. The quantitative estimate of drug-likeness (QED) is 0.462. The standard InChI is InChI=1S/C14H30N4.HI/c1-13(2)8-9-18(11-13)12(15-5)16-10-14(3,4)17(6)7;/h8-11H2,1-7H3,(H,15,16);1H. The minimum atomic E-state index is 0. The van der Waals surface area contributed by atoms with Crippen LogP contribution >= 0.6 is 24.0 Å². The summed E-state index contributed by atoms with van der Waals surface area (Å²) in [4.78, 5) is 9.02. The van der Waals surface area contributed by atoms with Crippen molar-refractivity contribution in [2.24, 2.45) is 10.4 Å². The second kappa shape index (κ2) is 7.11. The number of guanidine groups is 1. The molecule has 1 heterocycles. The molecular formula is C14H31IN4. The molecule has 0 aliphatic carbocycles. The molecule has 0 aromatic rings. The first-order valence-electron chi connectivity index (χ1n) is 6.81. The molecule has 1 aliphatic rings. The predicted octanol–water partition coefficient (Wildman–Crippen LogP) is 2.25. The third kappa shape index (κ3) is 5.45. The molecule has 1 N–H and O–H groups in total. The zero-order valence-corrected chi connectivity index (χ0v) is 15.9. The molecule has 1 aliphatic heterocycles. The number of nitrogens with zero attached hydrogens (tertiary/aromatic N) is 3. The van der Waals surface area contributed by atoms with Gasteiger partial charge in [0.05, 0.1) is 0 Å². The molecule has 0 unspecified atom stereocenters. The smallest absolute Gasteiger partial charge is 0.193 e. The SMILES string of the molecule is CN=C(NCC(C)(C)N(C)C)N1CCC(C)(C)C1.I. The highest BCUT2D eigenvalue weighted by Gasteiger charge is 2.31. The number of likely N-dealkylation sites (N-methyl/N-ethyl adjacent to an activating group) is 1. The lowest BCUT2D eigenvalue weighted by Crippen LogP contribution is -2.51. The minimum absolute atomic E-state index is 0. The van der Waals surface area contributed by atoms with Crippen LogP contribution in [-0.4, -0.2) is 62.1 Å². The highest BCUT2D eigenvalue weighted by molar-refractivity contribution is 14.0. The van der Waals surface area contributed by atoms with E-state index in [2.05, 4.69) is 61.9 Å². The number of hydrogen-bond donors (Lipinski definition) is 1. The van der Waals surface area contributed by atoms with Crippen LogP contribution in [0.4, 0.5) is 0 Å². The Labute approximate surface area is 136 Å².